The summed E-state index contributed by atoms with van der Waals surface area (Å²) in [5, 5.41) is 10.6. The summed E-state index contributed by atoms with van der Waals surface area (Å²) in [4.78, 5) is 11.9. The first-order valence-electron chi connectivity index (χ1n) is 6.32. The number of benzene rings is 1. The van der Waals surface area contributed by atoms with Crippen LogP contribution in [0.25, 0.3) is 0 Å². The lowest BCUT2D eigenvalue weighted by atomic mass is 10.0. The minimum atomic E-state index is -0.922. The van der Waals surface area contributed by atoms with Gasteiger partial charge in [0.1, 0.15) is 0 Å². The molecule has 0 aromatic heterocycles. The van der Waals surface area contributed by atoms with Gasteiger partial charge in [0, 0.05) is 11.0 Å². The molecule has 1 fully saturated rings. The van der Waals surface area contributed by atoms with Crippen molar-refractivity contribution in [2.24, 2.45) is 11.7 Å². The molecule has 0 spiro atoms. The maximum atomic E-state index is 11.9. The highest BCUT2D eigenvalue weighted by Crippen LogP contribution is 2.57. The predicted molar refractivity (Wildman–Crippen MR) is 82.0 cm³/mol. The van der Waals surface area contributed by atoms with Crippen LogP contribution in [0.15, 0.2) is 30.3 Å². The van der Waals surface area contributed by atoms with Gasteiger partial charge in [-0.3, -0.25) is 4.79 Å². The summed E-state index contributed by atoms with van der Waals surface area (Å²) in [5.74, 6) is 0.366. The summed E-state index contributed by atoms with van der Waals surface area (Å²) in [6.45, 7) is 3.82. The van der Waals surface area contributed by atoms with E-state index in [1.165, 1.54) is 29.1 Å². The van der Waals surface area contributed by atoms with Gasteiger partial charge in [0.15, 0.2) is 4.08 Å². The molecule has 5 heteroatoms. The van der Waals surface area contributed by atoms with E-state index < -0.39 is 16.1 Å². The first-order valence-corrected chi connectivity index (χ1v) is 8.18. The lowest BCUT2D eigenvalue weighted by molar-refractivity contribution is -0.120. The van der Waals surface area contributed by atoms with Gasteiger partial charge in [0.2, 0.25) is 5.91 Å². The first-order chi connectivity index (χ1) is 8.97. The molecule has 1 heterocycles. The number of carbonyl (C=O) groups is 1. The highest BCUT2D eigenvalue weighted by molar-refractivity contribution is 8.22. The van der Waals surface area contributed by atoms with Crippen LogP contribution in [0.5, 0.6) is 0 Å². The van der Waals surface area contributed by atoms with Crippen LogP contribution in [0.1, 0.15) is 24.7 Å². The van der Waals surface area contributed by atoms with E-state index in [9.17, 15) is 9.90 Å². The van der Waals surface area contributed by atoms with Gasteiger partial charge in [0.05, 0.1) is 6.10 Å². The maximum Gasteiger partial charge on any atom is 0.246 e. The van der Waals surface area contributed by atoms with Crippen LogP contribution in [0.2, 0.25) is 0 Å². The lowest BCUT2D eigenvalue weighted by Gasteiger charge is -2.32. The molecule has 19 heavy (non-hydrogen) atoms. The second-order valence-electron chi connectivity index (χ2n) is 5.05. The number of rotatable bonds is 4. The maximum absolute atomic E-state index is 11.9. The van der Waals surface area contributed by atoms with Gasteiger partial charge in [-0.05, 0) is 11.5 Å². The first kappa shape index (κ1) is 14.8. The standard InChI is InChI=1S/C14H19NO2S2/c1-9(2)12(16)14(13(15)17)18-8-11(19-14)10-6-4-3-5-7-10/h3-7,9,11-12,16H,8H2,1-2H3,(H2,15,17)/t11?,12?,14-/m1/s1. The molecular weight excluding hydrogens is 278 g/mol. The Kier molecular flexibility index (Phi) is 4.48. The van der Waals surface area contributed by atoms with E-state index >= 15 is 0 Å². The van der Waals surface area contributed by atoms with Gasteiger partial charge in [-0.15, -0.1) is 23.5 Å². The molecule has 0 aliphatic carbocycles. The van der Waals surface area contributed by atoms with E-state index in [-0.39, 0.29) is 11.2 Å². The summed E-state index contributed by atoms with van der Waals surface area (Å²) < 4.78 is -0.922. The summed E-state index contributed by atoms with van der Waals surface area (Å²) in [6.07, 6.45) is -0.728. The number of aliphatic hydroxyl groups is 1. The Hall–Kier alpha value is -0.650. The van der Waals surface area contributed by atoms with E-state index in [4.69, 9.17) is 5.73 Å². The number of amides is 1. The molecule has 0 radical (unpaired) electrons. The Bertz CT molecular complexity index is 452. The molecule has 1 aliphatic rings. The van der Waals surface area contributed by atoms with Crippen molar-refractivity contribution >= 4 is 29.4 Å². The monoisotopic (exact) mass is 297 g/mol. The Labute approximate surface area is 122 Å². The zero-order valence-electron chi connectivity index (χ0n) is 11.1. The minimum Gasteiger partial charge on any atom is -0.390 e. The third kappa shape index (κ3) is 2.78. The molecule has 1 aromatic rings. The summed E-state index contributed by atoms with van der Waals surface area (Å²) in [7, 11) is 0. The fourth-order valence-corrected chi connectivity index (χ4v) is 5.90. The van der Waals surface area contributed by atoms with Crippen molar-refractivity contribution < 1.29 is 9.90 Å². The molecule has 1 aromatic carbocycles. The fourth-order valence-electron chi connectivity index (χ4n) is 2.18. The van der Waals surface area contributed by atoms with Gasteiger partial charge in [-0.2, -0.15) is 0 Å². The quantitative estimate of drug-likeness (QED) is 0.896. The van der Waals surface area contributed by atoms with E-state index in [2.05, 4.69) is 12.1 Å². The molecule has 1 aliphatic heterocycles. The van der Waals surface area contributed by atoms with E-state index in [0.717, 1.165) is 5.75 Å². The summed E-state index contributed by atoms with van der Waals surface area (Å²) in [5.41, 5.74) is 6.75. The summed E-state index contributed by atoms with van der Waals surface area (Å²) >= 11 is 2.97. The Morgan fingerprint density at radius 1 is 1.42 bits per heavy atom. The van der Waals surface area contributed by atoms with E-state index in [1.807, 2.05) is 32.0 Å². The molecule has 2 rings (SSSR count). The molecule has 1 saturated heterocycles. The zero-order valence-corrected chi connectivity index (χ0v) is 12.7. The van der Waals surface area contributed by atoms with Crippen LogP contribution >= 0.6 is 23.5 Å². The van der Waals surface area contributed by atoms with Gasteiger partial charge in [-0.25, -0.2) is 0 Å². The number of aliphatic hydroxyl groups excluding tert-OH is 1. The minimum absolute atomic E-state index is 0.00187. The van der Waals surface area contributed by atoms with Crippen molar-refractivity contribution in [3.63, 3.8) is 0 Å². The normalized spacial score (nSPS) is 28.5. The highest BCUT2D eigenvalue weighted by Gasteiger charge is 2.52. The van der Waals surface area contributed by atoms with Gasteiger partial charge < -0.3 is 10.8 Å². The van der Waals surface area contributed by atoms with Gasteiger partial charge in [0.25, 0.3) is 0 Å². The molecule has 104 valence electrons. The van der Waals surface area contributed by atoms with Gasteiger partial charge >= 0.3 is 0 Å². The van der Waals surface area contributed by atoms with E-state index in [1.54, 1.807) is 0 Å². The second kappa shape index (κ2) is 5.77. The van der Waals surface area contributed by atoms with Gasteiger partial charge in [-0.1, -0.05) is 44.2 Å². The highest BCUT2D eigenvalue weighted by atomic mass is 32.2. The number of thioether (sulfide) groups is 2. The smallest absolute Gasteiger partial charge is 0.246 e. The van der Waals surface area contributed by atoms with Crippen molar-refractivity contribution in [3.8, 4) is 0 Å². The lowest BCUT2D eigenvalue weighted by Crippen LogP contribution is -2.48. The molecule has 2 unspecified atom stereocenters. The van der Waals surface area contributed by atoms with Crippen LogP contribution in [0, 0.1) is 5.92 Å². The largest absolute Gasteiger partial charge is 0.390 e. The average Bonchev–Trinajstić information content (AvgIpc) is 2.85. The Balaban J connectivity index is 2.24. The van der Waals surface area contributed by atoms with Crippen molar-refractivity contribution in [1.29, 1.82) is 0 Å². The number of hydrogen-bond donors (Lipinski definition) is 2. The molecule has 3 atom stereocenters. The van der Waals surface area contributed by atoms with Crippen molar-refractivity contribution in [1.82, 2.24) is 0 Å². The van der Waals surface area contributed by atoms with E-state index in [0.29, 0.717) is 0 Å². The molecular formula is C14H19NO2S2. The second-order valence-corrected chi connectivity index (χ2v) is 8.02. The SMILES string of the molecule is CC(C)C(O)[C@@]1(C(N)=O)SCC(c2ccccc2)S1. The third-order valence-electron chi connectivity index (χ3n) is 3.30. The Morgan fingerprint density at radius 2 is 2.05 bits per heavy atom. The number of carbonyl (C=O) groups excluding carboxylic acids is 1. The zero-order chi connectivity index (χ0) is 14.0. The average molecular weight is 297 g/mol. The molecule has 0 saturated carbocycles. The topological polar surface area (TPSA) is 63.3 Å². The fraction of sp³-hybridized carbons (Fsp3) is 0.500. The molecule has 3 N–H and O–H groups in total. The molecule has 0 bridgehead atoms. The van der Waals surface area contributed by atoms with Crippen molar-refractivity contribution in [2.75, 3.05) is 5.75 Å². The number of nitrogens with two attached hydrogens (primary N) is 1. The van der Waals surface area contributed by atoms with Crippen LogP contribution in [0.4, 0.5) is 0 Å². The Morgan fingerprint density at radius 3 is 2.58 bits per heavy atom. The van der Waals surface area contributed by atoms with Crippen LogP contribution in [-0.4, -0.2) is 26.9 Å². The third-order valence-corrected chi connectivity index (χ3v) is 7.04. The van der Waals surface area contributed by atoms with Crippen molar-refractivity contribution in [2.45, 2.75) is 29.3 Å². The van der Waals surface area contributed by atoms with Crippen LogP contribution in [-0.2, 0) is 4.79 Å². The van der Waals surface area contributed by atoms with Crippen molar-refractivity contribution in [3.05, 3.63) is 35.9 Å². The van der Waals surface area contributed by atoms with Crippen LogP contribution in [0.3, 0.4) is 0 Å². The van der Waals surface area contributed by atoms with Crippen LogP contribution < -0.4 is 5.73 Å². The molecule has 3 nitrogen and oxygen atoms in total. The number of hydrogen-bond acceptors (Lipinski definition) is 4. The number of primary amides is 1. The predicted octanol–water partition coefficient (Wildman–Crippen LogP) is 2.41. The molecule has 1 amide bonds. The summed E-state index contributed by atoms with van der Waals surface area (Å²) in [6, 6.07) is 10.1.